The summed E-state index contributed by atoms with van der Waals surface area (Å²) < 4.78 is 0. The fraction of sp³-hybridized carbons (Fsp3) is 0.111. The Bertz CT molecular complexity index is 864. The Morgan fingerprint density at radius 2 is 1.19 bits per heavy atom. The van der Waals surface area contributed by atoms with Gasteiger partial charge in [-0.3, -0.25) is 9.59 Å². The number of aromatic hydroxyl groups is 2. The Labute approximate surface area is 148 Å². The molecule has 0 radical (unpaired) electrons. The van der Waals surface area contributed by atoms with Crippen molar-refractivity contribution in [2.75, 3.05) is 10.6 Å². The van der Waals surface area contributed by atoms with Gasteiger partial charge in [-0.15, -0.1) is 0 Å². The number of nitrogens with zero attached hydrogens (tertiary/aromatic N) is 2. The van der Waals surface area contributed by atoms with E-state index in [1.165, 1.54) is 24.3 Å². The molecular formula is C18H14N4O4. The van der Waals surface area contributed by atoms with Gasteiger partial charge in [0.05, 0.1) is 23.5 Å². The van der Waals surface area contributed by atoms with E-state index in [9.17, 15) is 19.8 Å². The monoisotopic (exact) mass is 350 g/mol. The number of phenolic OH excluding ortho intramolecular Hbond substituents is 2. The lowest BCUT2D eigenvalue weighted by atomic mass is 10.0. The number of phenols is 2. The predicted octanol–water partition coefficient (Wildman–Crippen LogP) is 2.47. The summed E-state index contributed by atoms with van der Waals surface area (Å²) in [5.74, 6) is -1.45. The van der Waals surface area contributed by atoms with Crippen LogP contribution in [0.15, 0.2) is 36.4 Å². The molecular weight excluding hydrogens is 336 g/mol. The van der Waals surface area contributed by atoms with Crippen molar-refractivity contribution in [3.63, 3.8) is 0 Å². The average Bonchev–Trinajstić information content (AvgIpc) is 2.59. The zero-order chi connectivity index (χ0) is 19.1. The van der Waals surface area contributed by atoms with Crippen molar-refractivity contribution in [3.8, 4) is 34.8 Å². The second kappa shape index (κ2) is 8.18. The summed E-state index contributed by atoms with van der Waals surface area (Å²) in [6.07, 6.45) is -0.699. The molecule has 0 aromatic heterocycles. The molecule has 0 atom stereocenters. The lowest BCUT2D eigenvalue weighted by Gasteiger charge is -2.11. The number of rotatable bonds is 5. The van der Waals surface area contributed by atoms with E-state index in [0.717, 1.165) is 0 Å². The third-order valence-electron chi connectivity index (χ3n) is 3.35. The minimum absolute atomic E-state index is 0.130. The zero-order valence-electron chi connectivity index (χ0n) is 13.5. The SMILES string of the molecule is N#CCC(=O)Nc1cc(-c2ccc(O)c(NC(=O)CC#N)c2)ccc1O. The first-order valence-corrected chi connectivity index (χ1v) is 7.44. The minimum Gasteiger partial charge on any atom is -0.506 e. The van der Waals surface area contributed by atoms with Crippen molar-refractivity contribution < 1.29 is 19.8 Å². The third kappa shape index (κ3) is 4.49. The van der Waals surface area contributed by atoms with Crippen LogP contribution in [0.3, 0.4) is 0 Å². The normalized spacial score (nSPS) is 9.62. The van der Waals surface area contributed by atoms with Crippen molar-refractivity contribution in [2.24, 2.45) is 0 Å². The van der Waals surface area contributed by atoms with Crippen LogP contribution in [0.5, 0.6) is 11.5 Å². The molecule has 2 aromatic carbocycles. The highest BCUT2D eigenvalue weighted by Gasteiger charge is 2.11. The van der Waals surface area contributed by atoms with Gasteiger partial charge in [0.2, 0.25) is 11.8 Å². The van der Waals surface area contributed by atoms with Crippen LogP contribution in [0, 0.1) is 22.7 Å². The molecule has 130 valence electrons. The number of carbonyl (C=O) groups is 2. The quantitative estimate of drug-likeness (QED) is 0.609. The molecule has 0 unspecified atom stereocenters. The van der Waals surface area contributed by atoms with Crippen LogP contribution in [0.1, 0.15) is 12.8 Å². The first-order valence-electron chi connectivity index (χ1n) is 7.44. The van der Waals surface area contributed by atoms with Gasteiger partial charge in [0, 0.05) is 0 Å². The molecule has 0 fully saturated rings. The highest BCUT2D eigenvalue weighted by molar-refractivity contribution is 5.95. The van der Waals surface area contributed by atoms with Gasteiger partial charge in [-0.1, -0.05) is 12.1 Å². The molecule has 2 rings (SSSR count). The van der Waals surface area contributed by atoms with Crippen molar-refractivity contribution in [1.29, 1.82) is 10.5 Å². The first-order chi connectivity index (χ1) is 12.4. The van der Waals surface area contributed by atoms with Gasteiger partial charge in [0.25, 0.3) is 0 Å². The molecule has 0 aliphatic carbocycles. The molecule has 0 heterocycles. The summed E-state index contributed by atoms with van der Waals surface area (Å²) >= 11 is 0. The number of anilines is 2. The van der Waals surface area contributed by atoms with Crippen LogP contribution in [-0.2, 0) is 9.59 Å². The predicted molar refractivity (Wildman–Crippen MR) is 92.9 cm³/mol. The van der Waals surface area contributed by atoms with E-state index in [4.69, 9.17) is 10.5 Å². The Kier molecular flexibility index (Phi) is 5.75. The molecule has 4 N–H and O–H groups in total. The minimum atomic E-state index is -0.560. The molecule has 0 saturated carbocycles. The fourth-order valence-electron chi connectivity index (χ4n) is 2.16. The summed E-state index contributed by atoms with van der Waals surface area (Å²) in [5, 5.41) is 41.6. The topological polar surface area (TPSA) is 146 Å². The molecule has 0 aliphatic heterocycles. The summed E-state index contributed by atoms with van der Waals surface area (Å²) in [6, 6.07) is 12.3. The first kappa shape index (κ1) is 18.3. The van der Waals surface area contributed by atoms with Gasteiger partial charge in [0.15, 0.2) is 0 Å². The molecule has 8 nitrogen and oxygen atoms in total. The highest BCUT2D eigenvalue weighted by Crippen LogP contribution is 2.34. The van der Waals surface area contributed by atoms with Crippen LogP contribution in [0.25, 0.3) is 11.1 Å². The summed E-state index contributed by atoms with van der Waals surface area (Å²) in [6.45, 7) is 0. The van der Waals surface area contributed by atoms with E-state index in [1.54, 1.807) is 24.3 Å². The Hall–Kier alpha value is -4.04. The standard InChI is InChI=1S/C18H14N4O4/c19-7-5-17(25)21-13-9-11(1-3-15(13)23)12-2-4-16(24)14(10-12)22-18(26)6-8-20/h1-4,9-10,23-24H,5-6H2,(H,21,25)(H,22,26). The number of benzene rings is 2. The third-order valence-corrected chi connectivity index (χ3v) is 3.35. The number of amides is 2. The molecule has 0 bridgehead atoms. The number of hydrogen-bond acceptors (Lipinski definition) is 6. The van der Waals surface area contributed by atoms with Crippen molar-refractivity contribution in [2.45, 2.75) is 12.8 Å². The molecule has 2 aromatic rings. The zero-order valence-corrected chi connectivity index (χ0v) is 13.5. The maximum atomic E-state index is 11.5. The van der Waals surface area contributed by atoms with E-state index in [1.807, 2.05) is 0 Å². The van der Waals surface area contributed by atoms with Crippen molar-refractivity contribution >= 4 is 23.2 Å². The Morgan fingerprint density at radius 1 is 0.808 bits per heavy atom. The van der Waals surface area contributed by atoms with Crippen LogP contribution in [-0.4, -0.2) is 22.0 Å². The highest BCUT2D eigenvalue weighted by atomic mass is 16.3. The van der Waals surface area contributed by atoms with Crippen LogP contribution in [0.4, 0.5) is 11.4 Å². The van der Waals surface area contributed by atoms with Gasteiger partial charge in [-0.2, -0.15) is 10.5 Å². The van der Waals surface area contributed by atoms with Crippen molar-refractivity contribution in [3.05, 3.63) is 36.4 Å². The maximum Gasteiger partial charge on any atom is 0.238 e. The molecule has 0 saturated heterocycles. The van der Waals surface area contributed by atoms with Crippen molar-refractivity contribution in [1.82, 2.24) is 0 Å². The van der Waals surface area contributed by atoms with Gasteiger partial charge in [-0.05, 0) is 35.4 Å². The Balaban J connectivity index is 2.34. The molecule has 0 spiro atoms. The molecule has 8 heteroatoms. The van der Waals surface area contributed by atoms with E-state index < -0.39 is 11.8 Å². The van der Waals surface area contributed by atoms with Gasteiger partial charge in [0.1, 0.15) is 24.3 Å². The fourth-order valence-corrected chi connectivity index (χ4v) is 2.16. The number of carbonyl (C=O) groups excluding carboxylic acids is 2. The smallest absolute Gasteiger partial charge is 0.238 e. The number of nitriles is 2. The maximum absolute atomic E-state index is 11.5. The van der Waals surface area contributed by atoms with Crippen LogP contribution < -0.4 is 10.6 Å². The largest absolute Gasteiger partial charge is 0.506 e. The molecule has 2 amide bonds. The summed E-state index contributed by atoms with van der Waals surface area (Å²) in [5.41, 5.74) is 1.44. The summed E-state index contributed by atoms with van der Waals surface area (Å²) in [7, 11) is 0. The van der Waals surface area contributed by atoms with Gasteiger partial charge in [-0.25, -0.2) is 0 Å². The van der Waals surface area contributed by atoms with E-state index in [2.05, 4.69) is 10.6 Å². The number of hydrogen-bond donors (Lipinski definition) is 4. The summed E-state index contributed by atoms with van der Waals surface area (Å²) in [4.78, 5) is 23.1. The average molecular weight is 350 g/mol. The lowest BCUT2D eigenvalue weighted by Crippen LogP contribution is -2.10. The molecule has 0 aliphatic rings. The van der Waals surface area contributed by atoms with Crippen LogP contribution in [0.2, 0.25) is 0 Å². The molecule has 26 heavy (non-hydrogen) atoms. The van der Waals surface area contributed by atoms with E-state index in [0.29, 0.717) is 11.1 Å². The second-order valence-corrected chi connectivity index (χ2v) is 5.23. The van der Waals surface area contributed by atoms with E-state index in [-0.39, 0.29) is 35.7 Å². The van der Waals surface area contributed by atoms with Gasteiger partial charge >= 0.3 is 0 Å². The van der Waals surface area contributed by atoms with Crippen LogP contribution >= 0.6 is 0 Å². The Morgan fingerprint density at radius 3 is 1.54 bits per heavy atom. The number of nitrogens with one attached hydrogen (secondary N) is 2. The lowest BCUT2D eigenvalue weighted by molar-refractivity contribution is -0.116. The second-order valence-electron chi connectivity index (χ2n) is 5.23. The van der Waals surface area contributed by atoms with E-state index >= 15 is 0 Å². The van der Waals surface area contributed by atoms with Gasteiger partial charge < -0.3 is 20.8 Å².